The van der Waals surface area contributed by atoms with Gasteiger partial charge in [0.1, 0.15) is 5.82 Å². The second kappa shape index (κ2) is 3.82. The van der Waals surface area contributed by atoms with Crippen molar-refractivity contribution in [2.24, 2.45) is 0 Å². The molecule has 0 saturated heterocycles. The van der Waals surface area contributed by atoms with Crippen molar-refractivity contribution in [3.05, 3.63) is 41.6 Å². The first-order chi connectivity index (χ1) is 9.31. The van der Waals surface area contributed by atoms with Crippen LogP contribution in [0.2, 0.25) is 0 Å². The second-order valence-electron chi connectivity index (χ2n) is 4.96. The molecule has 19 heavy (non-hydrogen) atoms. The highest BCUT2D eigenvalue weighted by Crippen LogP contribution is 2.28. The summed E-state index contributed by atoms with van der Waals surface area (Å²) in [7, 11) is 0. The average Bonchev–Trinajstić information content (AvgIpc) is 3.04. The van der Waals surface area contributed by atoms with Crippen LogP contribution in [0.1, 0.15) is 11.1 Å². The van der Waals surface area contributed by atoms with Gasteiger partial charge < -0.3 is 10.3 Å². The Morgan fingerprint density at radius 2 is 2.16 bits per heavy atom. The summed E-state index contributed by atoms with van der Waals surface area (Å²) in [6.07, 6.45) is 2.88. The fourth-order valence-corrected chi connectivity index (χ4v) is 2.62. The number of hydrogen-bond donors (Lipinski definition) is 2. The Hall–Kier alpha value is -2.36. The second-order valence-corrected chi connectivity index (χ2v) is 4.96. The number of nitrogens with zero attached hydrogens (tertiary/aromatic N) is 2. The number of aromatic amines is 1. The first kappa shape index (κ1) is 10.6. The van der Waals surface area contributed by atoms with E-state index in [-0.39, 0.29) is 0 Å². The number of rotatable bonds is 1. The third-order valence-corrected chi connectivity index (χ3v) is 3.69. The molecule has 0 radical (unpaired) electrons. The summed E-state index contributed by atoms with van der Waals surface area (Å²) >= 11 is 0. The molecule has 0 saturated carbocycles. The molecule has 1 aromatic carbocycles. The number of aryl methyl sites for hydroxylation is 1. The van der Waals surface area contributed by atoms with Crippen molar-refractivity contribution in [1.82, 2.24) is 15.0 Å². The van der Waals surface area contributed by atoms with Crippen molar-refractivity contribution < 1.29 is 0 Å². The Labute approximate surface area is 110 Å². The van der Waals surface area contributed by atoms with Gasteiger partial charge >= 0.3 is 0 Å². The van der Waals surface area contributed by atoms with Gasteiger partial charge in [-0.05, 0) is 48.7 Å². The summed E-state index contributed by atoms with van der Waals surface area (Å²) < 4.78 is 0. The summed E-state index contributed by atoms with van der Waals surface area (Å²) in [6, 6.07) is 8.44. The molecular weight excluding hydrogens is 236 g/mol. The molecule has 0 aliphatic carbocycles. The first-order valence-electron chi connectivity index (χ1n) is 6.50. The lowest BCUT2D eigenvalue weighted by atomic mass is 10.1. The molecule has 4 heteroatoms. The summed E-state index contributed by atoms with van der Waals surface area (Å²) in [6.45, 7) is 3.10. The maximum atomic E-state index is 4.58. The molecule has 94 valence electrons. The van der Waals surface area contributed by atoms with E-state index in [0.717, 1.165) is 35.5 Å². The van der Waals surface area contributed by atoms with Crippen LogP contribution in [0, 0.1) is 6.92 Å². The van der Waals surface area contributed by atoms with Crippen LogP contribution in [-0.2, 0) is 6.42 Å². The van der Waals surface area contributed by atoms with E-state index in [1.54, 1.807) is 6.20 Å². The first-order valence-corrected chi connectivity index (χ1v) is 6.50. The average molecular weight is 250 g/mol. The Morgan fingerprint density at radius 1 is 1.21 bits per heavy atom. The molecule has 1 aliphatic rings. The van der Waals surface area contributed by atoms with E-state index in [4.69, 9.17) is 0 Å². The van der Waals surface area contributed by atoms with Crippen LogP contribution in [0.25, 0.3) is 22.6 Å². The van der Waals surface area contributed by atoms with Gasteiger partial charge in [-0.15, -0.1) is 0 Å². The van der Waals surface area contributed by atoms with Crippen LogP contribution in [0.15, 0.2) is 30.5 Å². The number of anilines is 1. The minimum absolute atomic E-state index is 0.786. The number of fused-ring (bicyclic) bond motifs is 2. The SMILES string of the molecule is Cc1ccnc2nc(-c3ccc4c(c3)CCN4)[nH]c12. The molecule has 0 amide bonds. The van der Waals surface area contributed by atoms with E-state index >= 15 is 0 Å². The Morgan fingerprint density at radius 3 is 3.05 bits per heavy atom. The zero-order valence-electron chi connectivity index (χ0n) is 10.7. The van der Waals surface area contributed by atoms with E-state index in [9.17, 15) is 0 Å². The van der Waals surface area contributed by atoms with Crippen molar-refractivity contribution in [3.8, 4) is 11.4 Å². The van der Waals surface area contributed by atoms with E-state index in [1.807, 2.05) is 6.07 Å². The van der Waals surface area contributed by atoms with E-state index in [1.165, 1.54) is 16.8 Å². The lowest BCUT2D eigenvalue weighted by Gasteiger charge is -2.01. The van der Waals surface area contributed by atoms with Gasteiger partial charge in [-0.2, -0.15) is 0 Å². The maximum absolute atomic E-state index is 4.58. The molecule has 0 atom stereocenters. The number of benzene rings is 1. The quantitative estimate of drug-likeness (QED) is 0.698. The number of pyridine rings is 1. The van der Waals surface area contributed by atoms with Gasteiger partial charge in [-0.3, -0.25) is 0 Å². The molecule has 0 unspecified atom stereocenters. The van der Waals surface area contributed by atoms with Crippen LogP contribution in [0.4, 0.5) is 5.69 Å². The van der Waals surface area contributed by atoms with Crippen molar-refractivity contribution in [2.45, 2.75) is 13.3 Å². The number of aromatic nitrogens is 3. The zero-order valence-corrected chi connectivity index (χ0v) is 10.7. The summed E-state index contributed by atoms with van der Waals surface area (Å²) in [5.74, 6) is 0.895. The highest BCUT2D eigenvalue weighted by Gasteiger charge is 2.13. The lowest BCUT2D eigenvalue weighted by molar-refractivity contribution is 1.11. The largest absolute Gasteiger partial charge is 0.384 e. The highest BCUT2D eigenvalue weighted by atomic mass is 15.0. The topological polar surface area (TPSA) is 53.6 Å². The van der Waals surface area contributed by atoms with Crippen molar-refractivity contribution in [3.63, 3.8) is 0 Å². The predicted molar refractivity (Wildman–Crippen MR) is 76.3 cm³/mol. The molecule has 2 N–H and O–H groups in total. The Bertz CT molecular complexity index is 773. The van der Waals surface area contributed by atoms with E-state index in [2.05, 4.69) is 45.4 Å². The number of nitrogens with one attached hydrogen (secondary N) is 2. The van der Waals surface area contributed by atoms with Crippen molar-refractivity contribution in [2.75, 3.05) is 11.9 Å². The number of hydrogen-bond acceptors (Lipinski definition) is 3. The molecule has 3 heterocycles. The third kappa shape index (κ3) is 1.60. The van der Waals surface area contributed by atoms with Crippen molar-refractivity contribution >= 4 is 16.9 Å². The molecule has 1 aliphatic heterocycles. The summed E-state index contributed by atoms with van der Waals surface area (Å²) in [5, 5.41) is 3.37. The lowest BCUT2D eigenvalue weighted by Crippen LogP contribution is -1.90. The van der Waals surface area contributed by atoms with Crippen LogP contribution in [-0.4, -0.2) is 21.5 Å². The monoisotopic (exact) mass is 250 g/mol. The van der Waals surface area contributed by atoms with Crippen LogP contribution in [0.3, 0.4) is 0 Å². The van der Waals surface area contributed by atoms with Crippen LogP contribution < -0.4 is 5.32 Å². The molecule has 3 aromatic rings. The number of H-pyrrole nitrogens is 1. The van der Waals surface area contributed by atoms with Gasteiger partial charge in [-0.1, -0.05) is 0 Å². The smallest absolute Gasteiger partial charge is 0.178 e. The summed E-state index contributed by atoms with van der Waals surface area (Å²) in [5.41, 5.74) is 6.72. The van der Waals surface area contributed by atoms with Gasteiger partial charge in [-0.25, -0.2) is 9.97 Å². The zero-order chi connectivity index (χ0) is 12.8. The fraction of sp³-hybridized carbons (Fsp3) is 0.200. The Kier molecular flexibility index (Phi) is 2.12. The fourth-order valence-electron chi connectivity index (χ4n) is 2.62. The summed E-state index contributed by atoms with van der Waals surface area (Å²) in [4.78, 5) is 12.3. The Balaban J connectivity index is 1.88. The van der Waals surface area contributed by atoms with Gasteiger partial charge in [0.25, 0.3) is 0 Å². The standard InChI is InChI=1S/C15H14N4/c1-9-4-6-17-15-13(9)18-14(19-15)11-2-3-12-10(8-11)5-7-16-12/h2-4,6,8,16H,5,7H2,1H3,(H,17,18,19). The minimum atomic E-state index is 0.786. The van der Waals surface area contributed by atoms with Gasteiger partial charge in [0.2, 0.25) is 0 Å². The molecule has 0 fully saturated rings. The minimum Gasteiger partial charge on any atom is -0.384 e. The predicted octanol–water partition coefficient (Wildman–Crippen LogP) is 2.90. The van der Waals surface area contributed by atoms with E-state index < -0.39 is 0 Å². The van der Waals surface area contributed by atoms with Gasteiger partial charge in [0.05, 0.1) is 5.52 Å². The van der Waals surface area contributed by atoms with Crippen molar-refractivity contribution in [1.29, 1.82) is 0 Å². The molecule has 4 nitrogen and oxygen atoms in total. The van der Waals surface area contributed by atoms with Crippen LogP contribution in [0.5, 0.6) is 0 Å². The third-order valence-electron chi connectivity index (χ3n) is 3.69. The van der Waals surface area contributed by atoms with Crippen LogP contribution >= 0.6 is 0 Å². The van der Waals surface area contributed by atoms with Gasteiger partial charge in [0.15, 0.2) is 5.65 Å². The maximum Gasteiger partial charge on any atom is 0.178 e. The van der Waals surface area contributed by atoms with Gasteiger partial charge in [0, 0.05) is 24.0 Å². The molecule has 4 rings (SSSR count). The molecule has 0 spiro atoms. The van der Waals surface area contributed by atoms with E-state index in [0.29, 0.717) is 0 Å². The molecular formula is C15H14N4. The highest BCUT2D eigenvalue weighted by molar-refractivity contribution is 5.79. The normalized spacial score (nSPS) is 13.5. The molecule has 0 bridgehead atoms. The number of imidazole rings is 1. The molecule has 2 aromatic heterocycles.